The number of quaternary nitrogens is 2. The summed E-state index contributed by atoms with van der Waals surface area (Å²) in [6.45, 7) is 10.8. The molecule has 1 aromatic heterocycles. The van der Waals surface area contributed by atoms with Crippen LogP contribution in [-0.4, -0.2) is 32.3 Å². The number of ether oxygens (including phenoxy) is 1. The van der Waals surface area contributed by atoms with Crippen LogP contribution in [0.2, 0.25) is 0 Å². The number of fused-ring (bicyclic) bond motifs is 1. The summed E-state index contributed by atoms with van der Waals surface area (Å²) in [7, 11) is 0. The second-order valence-corrected chi connectivity index (χ2v) is 8.43. The molecule has 3 N–H and O–H groups in total. The molecule has 5 nitrogen and oxygen atoms in total. The fourth-order valence-corrected chi connectivity index (χ4v) is 4.66. The van der Waals surface area contributed by atoms with E-state index in [4.69, 9.17) is 9.15 Å². The largest absolute Gasteiger partial charge is 0.422 e. The quantitative estimate of drug-likeness (QED) is 0.608. The van der Waals surface area contributed by atoms with Gasteiger partial charge in [-0.3, -0.25) is 0 Å². The van der Waals surface area contributed by atoms with Crippen molar-refractivity contribution in [2.45, 2.75) is 39.4 Å². The fourth-order valence-electron chi connectivity index (χ4n) is 4.66. The number of hydrogen-bond acceptors (Lipinski definition) is 3. The second kappa shape index (κ2) is 9.13. The first-order valence-corrected chi connectivity index (χ1v) is 10.9. The Kier molecular flexibility index (Phi) is 6.32. The molecule has 0 saturated carbocycles. The van der Waals surface area contributed by atoms with Crippen molar-refractivity contribution in [2.75, 3.05) is 26.3 Å². The van der Waals surface area contributed by atoms with Gasteiger partial charge in [0.05, 0.1) is 13.2 Å². The molecule has 0 spiro atoms. The van der Waals surface area contributed by atoms with Crippen molar-refractivity contribution >= 4 is 11.0 Å². The summed E-state index contributed by atoms with van der Waals surface area (Å²) in [4.78, 5) is 13.8. The maximum absolute atomic E-state index is 12.2. The highest BCUT2D eigenvalue weighted by Crippen LogP contribution is 2.23. The number of rotatable bonds is 6. The predicted octanol–water partition coefficient (Wildman–Crippen LogP) is 1.52. The first-order valence-electron chi connectivity index (χ1n) is 10.9. The Morgan fingerprint density at radius 3 is 2.53 bits per heavy atom. The van der Waals surface area contributed by atoms with Crippen LogP contribution in [0.4, 0.5) is 0 Å². The number of morpholine rings is 1. The minimum Gasteiger partial charge on any atom is -0.422 e. The summed E-state index contributed by atoms with van der Waals surface area (Å²) < 4.78 is 11.1. The molecule has 158 valence electrons. The third-order valence-corrected chi connectivity index (χ3v) is 6.49. The zero-order valence-electron chi connectivity index (χ0n) is 18.1. The van der Waals surface area contributed by atoms with Crippen LogP contribution in [0.3, 0.4) is 0 Å². The topological polar surface area (TPSA) is 60.5 Å². The highest BCUT2D eigenvalue weighted by atomic mass is 16.5. The van der Waals surface area contributed by atoms with Gasteiger partial charge in [-0.2, -0.15) is 0 Å². The zero-order valence-corrected chi connectivity index (χ0v) is 18.1. The number of hydrogen-bond donors (Lipinski definition) is 2. The van der Waals surface area contributed by atoms with Gasteiger partial charge in [0.25, 0.3) is 0 Å². The van der Waals surface area contributed by atoms with Crippen LogP contribution >= 0.6 is 0 Å². The van der Waals surface area contributed by atoms with Gasteiger partial charge in [0.2, 0.25) is 0 Å². The third-order valence-electron chi connectivity index (χ3n) is 6.49. The lowest BCUT2D eigenvalue weighted by Crippen LogP contribution is -3.17. The third kappa shape index (κ3) is 4.33. The Morgan fingerprint density at radius 2 is 1.80 bits per heavy atom. The lowest BCUT2D eigenvalue weighted by Gasteiger charge is -2.34. The molecule has 5 heteroatoms. The minimum atomic E-state index is -0.273. The molecule has 0 bridgehead atoms. The Labute approximate surface area is 177 Å². The Hall–Kier alpha value is -2.47. The maximum Gasteiger partial charge on any atom is 0.336 e. The first kappa shape index (κ1) is 20.8. The van der Waals surface area contributed by atoms with Gasteiger partial charge in [0.1, 0.15) is 31.3 Å². The van der Waals surface area contributed by atoms with Crippen LogP contribution in [0.15, 0.2) is 57.7 Å². The molecule has 4 rings (SSSR count). The van der Waals surface area contributed by atoms with Crippen molar-refractivity contribution in [3.05, 3.63) is 81.2 Å². The van der Waals surface area contributed by atoms with Crippen molar-refractivity contribution in [1.82, 2.24) is 0 Å². The smallest absolute Gasteiger partial charge is 0.336 e. The van der Waals surface area contributed by atoms with Crippen LogP contribution in [0, 0.1) is 13.8 Å². The van der Waals surface area contributed by atoms with Crippen LogP contribution in [0.1, 0.15) is 35.2 Å². The summed E-state index contributed by atoms with van der Waals surface area (Å²) in [5.74, 6) is 0. The lowest BCUT2D eigenvalue weighted by atomic mass is 9.97. The average Bonchev–Trinajstić information content (AvgIpc) is 2.76. The molecule has 1 aliphatic heterocycles. The summed E-state index contributed by atoms with van der Waals surface area (Å²) in [6.07, 6.45) is 0. The molecule has 0 radical (unpaired) electrons. The summed E-state index contributed by atoms with van der Waals surface area (Å²) in [6, 6.07) is 17.4. The van der Waals surface area contributed by atoms with Crippen LogP contribution < -0.4 is 15.8 Å². The van der Waals surface area contributed by atoms with E-state index in [0.717, 1.165) is 60.5 Å². The number of nitrogens with one attached hydrogen (secondary N) is 1. The van der Waals surface area contributed by atoms with Crippen molar-refractivity contribution in [3.63, 3.8) is 0 Å². The fraction of sp³-hybridized carbons (Fsp3) is 0.400. The number of aryl methyl sites for hydroxylation is 2. The standard InChI is InChI=1S/C25H30N2O3/c1-17-9-10-22-21(15-23(28)30-25(22)18(17)2)16-26-19(3)24(20-7-5-4-6-8-20)27-11-13-29-14-12-27/h4-10,15,19,24,26H,11-14,16H2,1-3H3/p+2/t19-,24-/m0/s1. The van der Waals surface area contributed by atoms with Gasteiger partial charge >= 0.3 is 5.63 Å². The monoisotopic (exact) mass is 408 g/mol. The Bertz CT molecular complexity index is 1060. The molecule has 2 atom stereocenters. The molecular weight excluding hydrogens is 376 g/mol. The van der Waals surface area contributed by atoms with E-state index in [-0.39, 0.29) is 5.63 Å². The van der Waals surface area contributed by atoms with Crippen LogP contribution in [-0.2, 0) is 11.3 Å². The van der Waals surface area contributed by atoms with Gasteiger partial charge in [0.15, 0.2) is 6.04 Å². The van der Waals surface area contributed by atoms with Gasteiger partial charge in [-0.15, -0.1) is 0 Å². The molecule has 1 aliphatic rings. The molecule has 1 fully saturated rings. The van der Waals surface area contributed by atoms with Crippen molar-refractivity contribution in [2.24, 2.45) is 0 Å². The molecule has 0 amide bonds. The molecule has 1 saturated heterocycles. The van der Waals surface area contributed by atoms with E-state index >= 15 is 0 Å². The van der Waals surface area contributed by atoms with Crippen molar-refractivity contribution < 1.29 is 19.4 Å². The maximum atomic E-state index is 12.2. The lowest BCUT2D eigenvalue weighted by molar-refractivity contribution is -0.959. The van der Waals surface area contributed by atoms with Gasteiger partial charge in [-0.25, -0.2) is 4.79 Å². The van der Waals surface area contributed by atoms with E-state index in [1.165, 1.54) is 5.56 Å². The normalized spacial score (nSPS) is 17.2. The van der Waals surface area contributed by atoms with Crippen LogP contribution in [0.5, 0.6) is 0 Å². The van der Waals surface area contributed by atoms with E-state index in [1.807, 2.05) is 13.8 Å². The van der Waals surface area contributed by atoms with Gasteiger partial charge in [-0.05, 0) is 31.9 Å². The van der Waals surface area contributed by atoms with E-state index < -0.39 is 0 Å². The van der Waals surface area contributed by atoms with E-state index in [9.17, 15) is 4.79 Å². The summed E-state index contributed by atoms with van der Waals surface area (Å²) >= 11 is 0. The first-order chi connectivity index (χ1) is 14.5. The number of nitrogens with two attached hydrogens (primary N) is 1. The Balaban J connectivity index is 1.60. The van der Waals surface area contributed by atoms with Crippen molar-refractivity contribution in [1.29, 1.82) is 0 Å². The molecule has 30 heavy (non-hydrogen) atoms. The van der Waals surface area contributed by atoms with Gasteiger partial charge in [0, 0.05) is 22.6 Å². The minimum absolute atomic E-state index is 0.273. The second-order valence-electron chi connectivity index (χ2n) is 8.43. The molecule has 2 heterocycles. The summed E-state index contributed by atoms with van der Waals surface area (Å²) in [5.41, 5.74) is 5.03. The van der Waals surface area contributed by atoms with Gasteiger partial charge < -0.3 is 19.4 Å². The predicted molar refractivity (Wildman–Crippen MR) is 118 cm³/mol. The molecule has 0 aliphatic carbocycles. The highest BCUT2D eigenvalue weighted by molar-refractivity contribution is 5.83. The SMILES string of the molecule is Cc1ccc2c(C[NH2+][C@@H](C)[C@@H](c3ccccc3)[NH+]3CCOCC3)cc(=O)oc2c1C. The van der Waals surface area contributed by atoms with E-state index in [1.54, 1.807) is 11.0 Å². The van der Waals surface area contributed by atoms with Crippen LogP contribution in [0.25, 0.3) is 11.0 Å². The molecule has 0 unspecified atom stereocenters. The van der Waals surface area contributed by atoms with Gasteiger partial charge in [-0.1, -0.05) is 42.5 Å². The van der Waals surface area contributed by atoms with E-state index in [0.29, 0.717) is 12.1 Å². The molecule has 2 aromatic carbocycles. The molecule has 3 aromatic rings. The summed E-state index contributed by atoms with van der Waals surface area (Å²) in [5, 5.41) is 3.40. The Morgan fingerprint density at radius 1 is 1.07 bits per heavy atom. The number of benzene rings is 2. The van der Waals surface area contributed by atoms with E-state index in [2.05, 4.69) is 54.7 Å². The zero-order chi connectivity index (χ0) is 21.1. The van der Waals surface area contributed by atoms with Crippen molar-refractivity contribution in [3.8, 4) is 0 Å². The average molecular weight is 409 g/mol. The highest BCUT2D eigenvalue weighted by Gasteiger charge is 2.33. The molecular formula is C25H32N2O3+2.